The second-order valence-corrected chi connectivity index (χ2v) is 8.42. The predicted molar refractivity (Wildman–Crippen MR) is 117 cm³/mol. The standard InChI is InChI=1S/C23H22N4O3S/c1-13-7-8-20(30-13)18-10-19(21-6-5-9-29-21)27(26-18)22(28)12-31-23-17(11-24)15(3)14(2)16(4)25-23/h5-9,19H,10,12H2,1-4H3/t19-/m0/s1. The summed E-state index contributed by atoms with van der Waals surface area (Å²) in [4.78, 5) is 17.7. The van der Waals surface area contributed by atoms with Crippen LogP contribution < -0.4 is 0 Å². The van der Waals surface area contributed by atoms with Gasteiger partial charge in [-0.3, -0.25) is 4.79 Å². The first-order valence-electron chi connectivity index (χ1n) is 9.89. The minimum absolute atomic E-state index is 0.106. The summed E-state index contributed by atoms with van der Waals surface area (Å²) in [5.74, 6) is 2.02. The Morgan fingerprint density at radius 1 is 1.26 bits per heavy atom. The molecule has 7 nitrogen and oxygen atoms in total. The highest BCUT2D eigenvalue weighted by Gasteiger charge is 2.36. The number of amides is 1. The molecule has 158 valence electrons. The zero-order valence-electron chi connectivity index (χ0n) is 17.8. The summed E-state index contributed by atoms with van der Waals surface area (Å²) in [7, 11) is 0. The normalized spacial score (nSPS) is 15.8. The van der Waals surface area contributed by atoms with Gasteiger partial charge in [-0.15, -0.1) is 0 Å². The van der Waals surface area contributed by atoms with Crippen LogP contribution in [-0.2, 0) is 4.79 Å². The van der Waals surface area contributed by atoms with Crippen molar-refractivity contribution in [3.8, 4) is 6.07 Å². The highest BCUT2D eigenvalue weighted by atomic mass is 32.2. The van der Waals surface area contributed by atoms with Gasteiger partial charge in [-0.05, 0) is 63.1 Å². The first-order chi connectivity index (χ1) is 14.9. The van der Waals surface area contributed by atoms with E-state index in [1.165, 1.54) is 16.8 Å². The Hall–Kier alpha value is -3.31. The molecule has 1 amide bonds. The molecule has 1 aliphatic heterocycles. The number of thioether (sulfide) groups is 1. The molecule has 0 N–H and O–H groups in total. The fourth-order valence-electron chi connectivity index (χ4n) is 3.52. The summed E-state index contributed by atoms with van der Waals surface area (Å²) < 4.78 is 11.3. The van der Waals surface area contributed by atoms with Crippen molar-refractivity contribution in [2.75, 3.05) is 5.75 Å². The number of rotatable bonds is 5. The van der Waals surface area contributed by atoms with Gasteiger partial charge in [0.2, 0.25) is 0 Å². The van der Waals surface area contributed by atoms with E-state index in [9.17, 15) is 10.1 Å². The van der Waals surface area contributed by atoms with Crippen molar-refractivity contribution in [2.45, 2.75) is 45.2 Å². The van der Waals surface area contributed by atoms with E-state index in [-0.39, 0.29) is 17.7 Å². The van der Waals surface area contributed by atoms with Crippen LogP contribution in [-0.4, -0.2) is 27.4 Å². The number of carbonyl (C=O) groups excluding carboxylic acids is 1. The smallest absolute Gasteiger partial charge is 0.253 e. The largest absolute Gasteiger partial charge is 0.467 e. The molecule has 0 aromatic carbocycles. The summed E-state index contributed by atoms with van der Waals surface area (Å²) in [6.45, 7) is 7.63. The fraction of sp³-hybridized carbons (Fsp3) is 0.304. The Morgan fingerprint density at radius 2 is 2.06 bits per heavy atom. The Labute approximate surface area is 184 Å². The van der Waals surface area contributed by atoms with Crippen LogP contribution in [0.15, 0.2) is 49.5 Å². The summed E-state index contributed by atoms with van der Waals surface area (Å²) in [5, 5.41) is 16.2. The van der Waals surface area contributed by atoms with Crippen LogP contribution in [0.5, 0.6) is 0 Å². The molecule has 0 bridgehead atoms. The van der Waals surface area contributed by atoms with E-state index >= 15 is 0 Å². The second kappa shape index (κ2) is 8.44. The molecule has 3 aromatic rings. The van der Waals surface area contributed by atoms with Gasteiger partial charge in [0.15, 0.2) is 0 Å². The number of hydrogen-bond acceptors (Lipinski definition) is 7. The highest BCUT2D eigenvalue weighted by Crippen LogP contribution is 2.35. The van der Waals surface area contributed by atoms with E-state index < -0.39 is 0 Å². The number of hydrazone groups is 1. The number of nitrogens with zero attached hydrogens (tertiary/aromatic N) is 4. The van der Waals surface area contributed by atoms with Gasteiger partial charge in [0.05, 0.1) is 17.6 Å². The Kier molecular flexibility index (Phi) is 5.70. The molecular formula is C23H22N4O3S. The third kappa shape index (κ3) is 4.01. The molecule has 1 aliphatic rings. The Bertz CT molecular complexity index is 1200. The van der Waals surface area contributed by atoms with Crippen molar-refractivity contribution in [3.63, 3.8) is 0 Å². The zero-order chi connectivity index (χ0) is 22.1. The SMILES string of the molecule is Cc1ccc(C2=NN(C(=O)CSc3nc(C)c(C)c(C)c3C#N)[C@H](c3ccco3)C2)o1. The van der Waals surface area contributed by atoms with Crippen LogP contribution in [0.1, 0.15) is 52.1 Å². The minimum atomic E-state index is -0.339. The molecule has 3 aromatic heterocycles. The number of furan rings is 2. The summed E-state index contributed by atoms with van der Waals surface area (Å²) >= 11 is 1.26. The molecule has 0 aliphatic carbocycles. The quantitative estimate of drug-likeness (QED) is 0.533. The molecule has 0 spiro atoms. The Morgan fingerprint density at radius 3 is 2.71 bits per heavy atom. The van der Waals surface area contributed by atoms with Gasteiger partial charge < -0.3 is 8.83 Å². The van der Waals surface area contributed by atoms with E-state index in [0.29, 0.717) is 34.2 Å². The third-order valence-electron chi connectivity index (χ3n) is 5.47. The molecule has 0 fully saturated rings. The van der Waals surface area contributed by atoms with Crippen LogP contribution in [0.4, 0.5) is 0 Å². The van der Waals surface area contributed by atoms with E-state index in [1.54, 1.807) is 12.3 Å². The number of hydrogen-bond donors (Lipinski definition) is 0. The lowest BCUT2D eigenvalue weighted by molar-refractivity contribution is -0.130. The van der Waals surface area contributed by atoms with Crippen molar-refractivity contribution in [1.82, 2.24) is 9.99 Å². The molecule has 0 saturated heterocycles. The van der Waals surface area contributed by atoms with E-state index in [2.05, 4.69) is 16.2 Å². The predicted octanol–water partition coefficient (Wildman–Crippen LogP) is 4.84. The van der Waals surface area contributed by atoms with E-state index in [1.807, 2.05) is 45.9 Å². The van der Waals surface area contributed by atoms with Crippen LogP contribution in [0.2, 0.25) is 0 Å². The molecule has 4 heterocycles. The zero-order valence-corrected chi connectivity index (χ0v) is 18.6. The van der Waals surface area contributed by atoms with Crippen molar-refractivity contribution < 1.29 is 13.6 Å². The number of aryl methyl sites for hydroxylation is 2. The lowest BCUT2D eigenvalue weighted by atomic mass is 10.1. The van der Waals surface area contributed by atoms with Crippen molar-refractivity contribution >= 4 is 23.4 Å². The van der Waals surface area contributed by atoms with E-state index in [4.69, 9.17) is 8.83 Å². The topological polar surface area (TPSA) is 95.6 Å². The monoisotopic (exact) mass is 434 g/mol. The van der Waals surface area contributed by atoms with Gasteiger partial charge in [0, 0.05) is 12.1 Å². The molecule has 0 unspecified atom stereocenters. The van der Waals surface area contributed by atoms with Crippen molar-refractivity contribution in [3.05, 3.63) is 70.2 Å². The van der Waals surface area contributed by atoms with Gasteiger partial charge in [0.25, 0.3) is 5.91 Å². The first-order valence-corrected chi connectivity index (χ1v) is 10.9. The number of aromatic nitrogens is 1. The van der Waals surface area contributed by atoms with Crippen molar-refractivity contribution in [2.24, 2.45) is 5.10 Å². The maximum Gasteiger partial charge on any atom is 0.253 e. The lowest BCUT2D eigenvalue weighted by Crippen LogP contribution is -2.28. The summed E-state index contributed by atoms with van der Waals surface area (Å²) in [6, 6.07) is 9.25. The molecule has 0 radical (unpaired) electrons. The minimum Gasteiger partial charge on any atom is -0.467 e. The van der Waals surface area contributed by atoms with E-state index in [0.717, 1.165) is 22.6 Å². The van der Waals surface area contributed by atoms with Gasteiger partial charge >= 0.3 is 0 Å². The highest BCUT2D eigenvalue weighted by molar-refractivity contribution is 8.00. The molecule has 1 atom stereocenters. The lowest BCUT2D eigenvalue weighted by Gasteiger charge is -2.20. The first kappa shape index (κ1) is 20.9. The van der Waals surface area contributed by atoms with Crippen LogP contribution in [0.25, 0.3) is 0 Å². The number of carbonyl (C=O) groups is 1. The van der Waals surface area contributed by atoms with Crippen LogP contribution in [0, 0.1) is 39.0 Å². The molecular weight excluding hydrogens is 412 g/mol. The molecule has 8 heteroatoms. The van der Waals surface area contributed by atoms with Gasteiger partial charge in [-0.2, -0.15) is 10.4 Å². The van der Waals surface area contributed by atoms with Gasteiger partial charge in [0.1, 0.15) is 40.1 Å². The van der Waals surface area contributed by atoms with Crippen molar-refractivity contribution in [1.29, 1.82) is 5.26 Å². The van der Waals surface area contributed by atoms with Gasteiger partial charge in [-0.1, -0.05) is 11.8 Å². The summed E-state index contributed by atoms with van der Waals surface area (Å²) in [6.07, 6.45) is 2.09. The molecule has 31 heavy (non-hydrogen) atoms. The molecule has 4 rings (SSSR count). The summed E-state index contributed by atoms with van der Waals surface area (Å²) in [5.41, 5.74) is 3.96. The van der Waals surface area contributed by atoms with Crippen LogP contribution >= 0.6 is 11.8 Å². The maximum absolute atomic E-state index is 13.2. The molecule has 0 saturated carbocycles. The van der Waals surface area contributed by atoms with Gasteiger partial charge in [-0.25, -0.2) is 9.99 Å². The second-order valence-electron chi connectivity index (χ2n) is 7.46. The Balaban J connectivity index is 1.59. The average Bonchev–Trinajstić information content (AvgIpc) is 3.50. The number of pyridine rings is 1. The third-order valence-corrected chi connectivity index (χ3v) is 6.43. The maximum atomic E-state index is 13.2. The number of nitriles is 1. The average molecular weight is 435 g/mol. The van der Waals surface area contributed by atoms with Crippen LogP contribution in [0.3, 0.4) is 0 Å². The fourth-order valence-corrected chi connectivity index (χ4v) is 4.46.